The van der Waals surface area contributed by atoms with E-state index in [0.717, 1.165) is 42.5 Å². The number of aliphatic carboxylic acids is 1. The molecule has 8 nitrogen and oxygen atoms in total. The van der Waals surface area contributed by atoms with Gasteiger partial charge in [0.25, 0.3) is 15.9 Å². The van der Waals surface area contributed by atoms with Crippen LogP contribution in [0.15, 0.2) is 71.6 Å². The van der Waals surface area contributed by atoms with Gasteiger partial charge in [0.2, 0.25) is 0 Å². The average Bonchev–Trinajstić information content (AvgIpc) is 3.22. The minimum absolute atomic E-state index is 0.00564. The number of benzene rings is 3. The van der Waals surface area contributed by atoms with E-state index in [1.807, 2.05) is 29.2 Å². The number of amides is 1. The van der Waals surface area contributed by atoms with Crippen molar-refractivity contribution < 1.29 is 27.5 Å². The van der Waals surface area contributed by atoms with Crippen LogP contribution < -0.4 is 9.62 Å². The Hall–Kier alpha value is -3.47. The molecule has 1 saturated carbocycles. The van der Waals surface area contributed by atoms with Crippen molar-refractivity contribution in [3.05, 3.63) is 94.3 Å². The van der Waals surface area contributed by atoms with Crippen LogP contribution in [0.2, 0.25) is 5.02 Å². The lowest BCUT2D eigenvalue weighted by molar-refractivity contribution is -0.138. The fourth-order valence-corrected chi connectivity index (χ4v) is 8.99. The summed E-state index contributed by atoms with van der Waals surface area (Å²) < 4.78 is 44.0. The quantitative estimate of drug-likeness (QED) is 0.356. The summed E-state index contributed by atoms with van der Waals surface area (Å²) in [5, 5.41) is 12.9. The van der Waals surface area contributed by atoms with Crippen LogP contribution in [0.5, 0.6) is 0 Å². The second-order valence-electron chi connectivity index (χ2n) is 11.7. The van der Waals surface area contributed by atoms with E-state index in [4.69, 9.17) is 11.6 Å². The first-order valence-electron chi connectivity index (χ1n) is 14.5. The van der Waals surface area contributed by atoms with Crippen molar-refractivity contribution in [2.75, 3.05) is 23.9 Å². The fraction of sp³-hybridized carbons (Fsp3) is 0.375. The van der Waals surface area contributed by atoms with Crippen LogP contribution in [0.3, 0.4) is 0 Å². The van der Waals surface area contributed by atoms with Crippen LogP contribution >= 0.6 is 11.6 Å². The summed E-state index contributed by atoms with van der Waals surface area (Å²) in [5.74, 6) is -1.63. The van der Waals surface area contributed by atoms with Gasteiger partial charge in [-0.05, 0) is 104 Å². The minimum atomic E-state index is -4.09. The number of likely N-dealkylation sites (tertiary alicyclic amines) is 1. The molecule has 0 aromatic heterocycles. The summed E-state index contributed by atoms with van der Waals surface area (Å²) in [7, 11) is -4.09. The minimum Gasteiger partial charge on any atom is -0.480 e. The maximum Gasteiger partial charge on any atom is 0.317 e. The van der Waals surface area contributed by atoms with Gasteiger partial charge in [-0.25, -0.2) is 12.8 Å². The second-order valence-corrected chi connectivity index (χ2v) is 13.9. The Bertz CT molecular complexity index is 1650. The number of halogens is 2. The summed E-state index contributed by atoms with van der Waals surface area (Å²) in [6, 6.07) is 16.9. The number of carboxylic acids is 1. The molecular weight excluding hydrogens is 593 g/mol. The Morgan fingerprint density at radius 2 is 1.72 bits per heavy atom. The number of fused-ring (bicyclic) bond motifs is 2. The van der Waals surface area contributed by atoms with Crippen LogP contribution in [0.4, 0.5) is 10.1 Å². The standard InChI is InChI=1S/C32H33ClFN3O5S/c33-27-7-2-1-4-23(27)19-35-31(40)22-8-13-28-26(18-22)32(14-16-36(17-15-32)20-29(38)39)30(21-5-3-6-21)37(28)43(41,42)25-11-9-24(34)10-12-25/h1-2,4,7-13,18,21,30H,3,5-6,14-17,19-20H2,(H,35,40)(H,38,39). The summed E-state index contributed by atoms with van der Waals surface area (Å²) >= 11 is 6.28. The molecule has 2 heterocycles. The largest absolute Gasteiger partial charge is 0.480 e. The molecule has 1 amide bonds. The van der Waals surface area contributed by atoms with E-state index in [0.29, 0.717) is 42.2 Å². The number of carboxylic acid groups (broad SMARTS) is 1. The Morgan fingerprint density at radius 1 is 1.02 bits per heavy atom. The molecule has 3 aromatic carbocycles. The fourth-order valence-electron chi connectivity index (χ4n) is 6.99. The normalized spacial score (nSPS) is 20.0. The molecule has 3 aliphatic rings. The van der Waals surface area contributed by atoms with Crippen LogP contribution in [0.25, 0.3) is 0 Å². The zero-order valence-electron chi connectivity index (χ0n) is 23.5. The van der Waals surface area contributed by atoms with E-state index < -0.39 is 33.3 Å². The van der Waals surface area contributed by atoms with Gasteiger partial charge in [0, 0.05) is 22.5 Å². The predicted octanol–water partition coefficient (Wildman–Crippen LogP) is 5.20. The topological polar surface area (TPSA) is 107 Å². The van der Waals surface area contributed by atoms with Crippen molar-refractivity contribution in [2.24, 2.45) is 5.92 Å². The van der Waals surface area contributed by atoms with Gasteiger partial charge in [-0.2, -0.15) is 0 Å². The van der Waals surface area contributed by atoms with Crippen LogP contribution in [-0.2, 0) is 26.8 Å². The number of rotatable bonds is 8. The van der Waals surface area contributed by atoms with Gasteiger partial charge in [0.05, 0.1) is 23.2 Å². The molecule has 43 heavy (non-hydrogen) atoms. The number of carbonyl (C=O) groups excluding carboxylic acids is 1. The molecule has 3 aromatic rings. The van der Waals surface area contributed by atoms with E-state index in [-0.39, 0.29) is 29.8 Å². The number of nitrogens with zero attached hydrogens (tertiary/aromatic N) is 2. The average molecular weight is 626 g/mol. The van der Waals surface area contributed by atoms with Crippen LogP contribution in [0.1, 0.15) is 53.6 Å². The Morgan fingerprint density at radius 3 is 2.35 bits per heavy atom. The maximum atomic E-state index is 14.3. The van der Waals surface area contributed by atoms with Gasteiger partial charge in [-0.15, -0.1) is 0 Å². The molecule has 1 unspecified atom stereocenters. The third kappa shape index (κ3) is 5.41. The van der Waals surface area contributed by atoms with Crippen LogP contribution in [0, 0.1) is 11.7 Å². The van der Waals surface area contributed by atoms with E-state index in [2.05, 4.69) is 5.32 Å². The number of anilines is 1. The molecule has 0 bridgehead atoms. The zero-order valence-corrected chi connectivity index (χ0v) is 25.1. The Labute approximate surface area is 255 Å². The highest BCUT2D eigenvalue weighted by Gasteiger charge is 2.58. The molecule has 6 rings (SSSR count). The lowest BCUT2D eigenvalue weighted by atomic mass is 9.62. The van der Waals surface area contributed by atoms with E-state index >= 15 is 0 Å². The van der Waals surface area contributed by atoms with Crippen molar-refractivity contribution in [1.82, 2.24) is 10.2 Å². The second kappa shape index (κ2) is 11.6. The van der Waals surface area contributed by atoms with Crippen molar-refractivity contribution in [2.45, 2.75) is 55.0 Å². The van der Waals surface area contributed by atoms with Crippen molar-refractivity contribution in [3.8, 4) is 0 Å². The van der Waals surface area contributed by atoms with Gasteiger partial charge >= 0.3 is 5.97 Å². The maximum absolute atomic E-state index is 14.3. The van der Waals surface area contributed by atoms with Gasteiger partial charge in [-0.3, -0.25) is 18.8 Å². The molecule has 1 spiro atoms. The van der Waals surface area contributed by atoms with Gasteiger partial charge in [-0.1, -0.05) is 36.2 Å². The lowest BCUT2D eigenvalue weighted by Gasteiger charge is -2.49. The molecule has 1 aliphatic carbocycles. The molecule has 2 N–H and O–H groups in total. The van der Waals surface area contributed by atoms with E-state index in [1.54, 1.807) is 18.2 Å². The lowest BCUT2D eigenvalue weighted by Crippen LogP contribution is -2.57. The van der Waals surface area contributed by atoms with E-state index in [1.165, 1.54) is 16.4 Å². The number of hydrogen-bond donors (Lipinski definition) is 2. The number of carbonyl (C=O) groups is 2. The summed E-state index contributed by atoms with van der Waals surface area (Å²) in [6.07, 6.45) is 3.85. The first-order chi connectivity index (χ1) is 20.6. The van der Waals surface area contributed by atoms with Crippen LogP contribution in [-0.4, -0.2) is 56.0 Å². The molecule has 2 aliphatic heterocycles. The number of hydrogen-bond acceptors (Lipinski definition) is 5. The highest BCUT2D eigenvalue weighted by Crippen LogP contribution is 2.57. The molecule has 226 valence electrons. The van der Waals surface area contributed by atoms with E-state index in [9.17, 15) is 27.5 Å². The summed E-state index contributed by atoms with van der Waals surface area (Å²) in [6.45, 7) is 1.13. The number of piperidine rings is 1. The highest BCUT2D eigenvalue weighted by molar-refractivity contribution is 7.92. The first-order valence-corrected chi connectivity index (χ1v) is 16.3. The first kappa shape index (κ1) is 29.6. The molecule has 11 heteroatoms. The molecule has 1 atom stereocenters. The highest BCUT2D eigenvalue weighted by atomic mass is 35.5. The van der Waals surface area contributed by atoms with Crippen molar-refractivity contribution in [1.29, 1.82) is 0 Å². The molecule has 1 saturated heterocycles. The summed E-state index contributed by atoms with van der Waals surface area (Å²) in [4.78, 5) is 26.7. The van der Waals surface area contributed by atoms with Crippen molar-refractivity contribution >= 4 is 39.2 Å². The Kier molecular flexibility index (Phi) is 7.95. The molecule has 0 radical (unpaired) electrons. The zero-order chi connectivity index (χ0) is 30.4. The van der Waals surface area contributed by atoms with Gasteiger partial charge < -0.3 is 10.4 Å². The van der Waals surface area contributed by atoms with Gasteiger partial charge in [0.1, 0.15) is 5.82 Å². The summed E-state index contributed by atoms with van der Waals surface area (Å²) in [5.41, 5.74) is 1.89. The SMILES string of the molecule is O=C(O)CN1CCC2(CC1)c1cc(C(=O)NCc3ccccc3Cl)ccc1N(S(=O)(=O)c1ccc(F)cc1)C2C1CCC1. The van der Waals surface area contributed by atoms with Crippen molar-refractivity contribution in [3.63, 3.8) is 0 Å². The molecular formula is C32H33ClFN3O5S. The predicted molar refractivity (Wildman–Crippen MR) is 161 cm³/mol. The smallest absolute Gasteiger partial charge is 0.317 e. The Balaban J connectivity index is 1.42. The number of sulfonamides is 1. The molecule has 2 fully saturated rings. The third-order valence-electron chi connectivity index (χ3n) is 9.32. The van der Waals surface area contributed by atoms with Gasteiger partial charge in [0.15, 0.2) is 0 Å². The third-order valence-corrected chi connectivity index (χ3v) is 11.5. The monoisotopic (exact) mass is 625 g/mol. The number of nitrogens with one attached hydrogen (secondary N) is 1.